The van der Waals surface area contributed by atoms with Gasteiger partial charge in [0.2, 0.25) is 5.43 Å². The van der Waals surface area contributed by atoms with Crippen molar-refractivity contribution in [2.75, 3.05) is 11.6 Å². The first-order chi connectivity index (χ1) is 7.24. The molecule has 0 atom stereocenters. The number of fused-ring (bicyclic) bond motifs is 1. The Labute approximate surface area is 91.2 Å². The molecule has 2 aromatic rings. The summed E-state index contributed by atoms with van der Waals surface area (Å²) in [5, 5.41) is 12.8. The molecule has 4 heteroatoms. The molecule has 1 heterocycles. The van der Waals surface area contributed by atoms with Gasteiger partial charge in [-0.1, -0.05) is 12.1 Å². The summed E-state index contributed by atoms with van der Waals surface area (Å²) in [6.45, 7) is 2.19. The van der Waals surface area contributed by atoms with E-state index in [2.05, 4.69) is 0 Å². The summed E-state index contributed by atoms with van der Waals surface area (Å²) >= 11 is 1.46. The van der Waals surface area contributed by atoms with Crippen LogP contribution >= 0.6 is 11.3 Å². The van der Waals surface area contributed by atoms with E-state index in [1.165, 1.54) is 11.3 Å². The van der Waals surface area contributed by atoms with Gasteiger partial charge in [0.05, 0.1) is 0 Å². The van der Waals surface area contributed by atoms with Crippen molar-refractivity contribution in [3.8, 4) is 0 Å². The first-order valence-electron chi connectivity index (χ1n) is 4.71. The topological polar surface area (TPSA) is 40.5 Å². The Hall–Kier alpha value is -1.39. The third-order valence-electron chi connectivity index (χ3n) is 2.24. The van der Waals surface area contributed by atoms with Crippen LogP contribution in [0, 0.1) is 0 Å². The van der Waals surface area contributed by atoms with Crippen LogP contribution in [0.15, 0.2) is 34.4 Å². The average molecular weight is 221 g/mol. The molecule has 3 nitrogen and oxygen atoms in total. The van der Waals surface area contributed by atoms with Crippen LogP contribution in [0.5, 0.6) is 0 Å². The van der Waals surface area contributed by atoms with Gasteiger partial charge in [0.25, 0.3) is 0 Å². The molecule has 1 aromatic heterocycles. The van der Waals surface area contributed by atoms with E-state index < -0.39 is 0 Å². The van der Waals surface area contributed by atoms with Crippen LogP contribution in [-0.2, 0) is 0 Å². The van der Waals surface area contributed by atoms with Crippen LogP contribution in [0.4, 0.5) is 5.69 Å². The maximum Gasteiger partial charge on any atom is 0.213 e. The van der Waals surface area contributed by atoms with Crippen molar-refractivity contribution >= 4 is 27.1 Å². The van der Waals surface area contributed by atoms with Crippen molar-refractivity contribution in [3.05, 3.63) is 39.9 Å². The standard InChI is InChI=1S/C11H11NO2S/c1-2-12(14)9-7-15-10-6-4-3-5-8(10)11(9)13/h3-7,14H,2H2,1H3. The van der Waals surface area contributed by atoms with Gasteiger partial charge in [-0.15, -0.1) is 11.3 Å². The molecule has 0 aliphatic carbocycles. The van der Waals surface area contributed by atoms with Crippen molar-refractivity contribution in [1.82, 2.24) is 0 Å². The van der Waals surface area contributed by atoms with Gasteiger partial charge in [-0.3, -0.25) is 15.1 Å². The minimum atomic E-state index is -0.117. The Morgan fingerprint density at radius 1 is 1.40 bits per heavy atom. The van der Waals surface area contributed by atoms with E-state index in [-0.39, 0.29) is 5.43 Å². The molecule has 0 bridgehead atoms. The fraction of sp³-hybridized carbons (Fsp3) is 0.182. The third kappa shape index (κ3) is 1.73. The maximum atomic E-state index is 11.9. The van der Waals surface area contributed by atoms with Crippen molar-refractivity contribution in [3.63, 3.8) is 0 Å². The van der Waals surface area contributed by atoms with Crippen LogP contribution in [0.2, 0.25) is 0 Å². The van der Waals surface area contributed by atoms with Gasteiger partial charge in [0, 0.05) is 22.0 Å². The zero-order valence-electron chi connectivity index (χ0n) is 8.30. The number of anilines is 1. The van der Waals surface area contributed by atoms with Gasteiger partial charge in [-0.2, -0.15) is 0 Å². The number of hydroxylamine groups is 1. The first kappa shape index (κ1) is 10.1. The highest BCUT2D eigenvalue weighted by Gasteiger charge is 2.08. The lowest BCUT2D eigenvalue weighted by atomic mass is 10.2. The molecule has 0 unspecified atom stereocenters. The highest BCUT2D eigenvalue weighted by molar-refractivity contribution is 7.16. The van der Waals surface area contributed by atoms with Crippen LogP contribution in [0.1, 0.15) is 6.92 Å². The fourth-order valence-corrected chi connectivity index (χ4v) is 2.33. The van der Waals surface area contributed by atoms with Gasteiger partial charge in [-0.05, 0) is 19.1 Å². The summed E-state index contributed by atoms with van der Waals surface area (Å²) in [6.07, 6.45) is 0. The van der Waals surface area contributed by atoms with Gasteiger partial charge in [-0.25, -0.2) is 0 Å². The lowest BCUT2D eigenvalue weighted by Gasteiger charge is -2.13. The number of hydrogen-bond donors (Lipinski definition) is 1. The molecular weight excluding hydrogens is 210 g/mol. The largest absolute Gasteiger partial charge is 0.288 e. The highest BCUT2D eigenvalue weighted by Crippen LogP contribution is 2.19. The smallest absolute Gasteiger partial charge is 0.213 e. The number of nitrogens with zero attached hydrogens (tertiary/aromatic N) is 1. The Morgan fingerprint density at radius 3 is 2.87 bits per heavy atom. The van der Waals surface area contributed by atoms with Crippen molar-refractivity contribution in [2.45, 2.75) is 6.92 Å². The van der Waals surface area contributed by atoms with Crippen LogP contribution < -0.4 is 10.5 Å². The zero-order valence-corrected chi connectivity index (χ0v) is 9.12. The van der Waals surface area contributed by atoms with E-state index in [9.17, 15) is 10.0 Å². The molecule has 2 rings (SSSR count). The fourth-order valence-electron chi connectivity index (χ4n) is 1.42. The molecule has 0 fully saturated rings. The Balaban J connectivity index is 2.71. The van der Waals surface area contributed by atoms with E-state index in [1.807, 2.05) is 18.2 Å². The second-order valence-electron chi connectivity index (χ2n) is 3.16. The predicted octanol–water partition coefficient (Wildman–Crippen LogP) is 2.48. The van der Waals surface area contributed by atoms with Crippen molar-refractivity contribution in [2.24, 2.45) is 0 Å². The molecule has 78 valence electrons. The Kier molecular flexibility index (Phi) is 2.70. The molecule has 0 radical (unpaired) electrons. The van der Waals surface area contributed by atoms with Gasteiger partial charge < -0.3 is 0 Å². The highest BCUT2D eigenvalue weighted by atomic mass is 32.1. The summed E-state index contributed by atoms with van der Waals surface area (Å²) in [7, 11) is 0. The molecule has 1 N–H and O–H groups in total. The summed E-state index contributed by atoms with van der Waals surface area (Å²) in [5.41, 5.74) is 0.231. The summed E-state index contributed by atoms with van der Waals surface area (Å²) < 4.78 is 0.941. The molecule has 0 aliphatic heterocycles. The van der Waals surface area contributed by atoms with Crippen LogP contribution in [-0.4, -0.2) is 11.8 Å². The normalized spacial score (nSPS) is 10.5. The molecule has 1 aromatic carbocycles. The van der Waals surface area contributed by atoms with Crippen LogP contribution in [0.25, 0.3) is 10.1 Å². The number of rotatable bonds is 2. The Morgan fingerprint density at radius 2 is 2.13 bits per heavy atom. The van der Waals surface area contributed by atoms with E-state index in [0.29, 0.717) is 17.6 Å². The third-order valence-corrected chi connectivity index (χ3v) is 3.19. The summed E-state index contributed by atoms with van der Waals surface area (Å²) in [6, 6.07) is 7.41. The lowest BCUT2D eigenvalue weighted by Crippen LogP contribution is -2.23. The quantitative estimate of drug-likeness (QED) is 0.792. The van der Waals surface area contributed by atoms with E-state index in [0.717, 1.165) is 9.76 Å². The average Bonchev–Trinajstić information content (AvgIpc) is 2.29. The Bertz CT molecular complexity index is 535. The first-order valence-corrected chi connectivity index (χ1v) is 5.59. The molecule has 0 aliphatic rings. The predicted molar refractivity (Wildman–Crippen MR) is 62.9 cm³/mol. The zero-order chi connectivity index (χ0) is 10.8. The molecule has 15 heavy (non-hydrogen) atoms. The molecule has 0 saturated heterocycles. The maximum absolute atomic E-state index is 11.9. The summed E-state index contributed by atoms with van der Waals surface area (Å²) in [4.78, 5) is 11.9. The van der Waals surface area contributed by atoms with Crippen LogP contribution in [0.3, 0.4) is 0 Å². The number of benzene rings is 1. The second-order valence-corrected chi connectivity index (χ2v) is 4.07. The minimum Gasteiger partial charge on any atom is -0.288 e. The van der Waals surface area contributed by atoms with Crippen molar-refractivity contribution < 1.29 is 5.21 Å². The van der Waals surface area contributed by atoms with E-state index in [4.69, 9.17) is 0 Å². The van der Waals surface area contributed by atoms with E-state index in [1.54, 1.807) is 18.4 Å². The van der Waals surface area contributed by atoms with Gasteiger partial charge >= 0.3 is 0 Å². The molecule has 0 amide bonds. The number of hydrogen-bond acceptors (Lipinski definition) is 4. The van der Waals surface area contributed by atoms with E-state index >= 15 is 0 Å². The van der Waals surface area contributed by atoms with Gasteiger partial charge in [0.15, 0.2) is 0 Å². The minimum absolute atomic E-state index is 0.117. The lowest BCUT2D eigenvalue weighted by molar-refractivity contribution is 0.260. The monoisotopic (exact) mass is 221 g/mol. The molecule has 0 spiro atoms. The van der Waals surface area contributed by atoms with Gasteiger partial charge in [0.1, 0.15) is 5.69 Å². The molecule has 0 saturated carbocycles. The summed E-state index contributed by atoms with van der Waals surface area (Å²) in [5.74, 6) is 0. The van der Waals surface area contributed by atoms with Crippen molar-refractivity contribution in [1.29, 1.82) is 0 Å². The second kappa shape index (κ2) is 4.00. The molecular formula is C11H11NO2S. The SMILES string of the molecule is CCN(O)c1csc2ccccc2c1=O.